The van der Waals surface area contributed by atoms with Crippen molar-refractivity contribution in [2.45, 2.75) is 19.8 Å². The Labute approximate surface area is 130 Å². The molecule has 0 aliphatic rings. The molecule has 20 heavy (non-hydrogen) atoms. The molecule has 2 heterocycles. The summed E-state index contributed by atoms with van der Waals surface area (Å²) in [4.78, 5) is 7.71. The minimum Gasteiger partial charge on any atom is -0.329 e. The van der Waals surface area contributed by atoms with Gasteiger partial charge in [0.25, 0.3) is 0 Å². The van der Waals surface area contributed by atoms with Crippen LogP contribution in [0.4, 0.5) is 0 Å². The lowest BCUT2D eigenvalue weighted by Crippen LogP contribution is -2.01. The van der Waals surface area contributed by atoms with E-state index >= 15 is 0 Å². The lowest BCUT2D eigenvalue weighted by molar-refractivity contribution is 0.846. The van der Waals surface area contributed by atoms with E-state index in [1.807, 2.05) is 16.7 Å². The Morgan fingerprint density at radius 2 is 2.05 bits per heavy atom. The molecule has 3 rings (SSSR count). The molecule has 0 unspecified atom stereocenters. The number of aromatic nitrogens is 3. The highest BCUT2D eigenvalue weighted by atomic mass is 79.9. The van der Waals surface area contributed by atoms with E-state index in [9.17, 15) is 0 Å². The second-order valence-corrected chi connectivity index (χ2v) is 6.31. The number of hydrogen-bond donors (Lipinski definition) is 1. The molecule has 1 aromatic carbocycles. The van der Waals surface area contributed by atoms with E-state index in [0.717, 1.165) is 21.3 Å². The Bertz CT molecular complexity index is 832. The molecule has 0 atom stereocenters. The molecule has 1 N–H and O–H groups in total. The first-order valence-electron chi connectivity index (χ1n) is 6.43. The van der Waals surface area contributed by atoms with Crippen molar-refractivity contribution in [3.05, 3.63) is 51.3 Å². The zero-order valence-corrected chi connectivity index (χ0v) is 13.6. The topological polar surface area (TPSA) is 33.6 Å². The highest BCUT2D eigenvalue weighted by Gasteiger charge is 2.13. The van der Waals surface area contributed by atoms with Crippen molar-refractivity contribution in [3.8, 4) is 5.69 Å². The minimum absolute atomic E-state index is 0.425. The Hall–Kier alpha value is -1.46. The van der Waals surface area contributed by atoms with Crippen LogP contribution in [0.25, 0.3) is 16.9 Å². The summed E-state index contributed by atoms with van der Waals surface area (Å²) in [5.74, 6) is 0.425. The van der Waals surface area contributed by atoms with Crippen LogP contribution < -0.4 is 0 Å². The Morgan fingerprint density at radius 3 is 2.80 bits per heavy atom. The Balaban J connectivity index is 2.36. The number of rotatable bonds is 2. The van der Waals surface area contributed by atoms with Crippen LogP contribution in [0.15, 0.2) is 41.0 Å². The van der Waals surface area contributed by atoms with Gasteiger partial charge in [-0.3, -0.25) is 4.57 Å². The van der Waals surface area contributed by atoms with Gasteiger partial charge in [-0.1, -0.05) is 32.0 Å². The van der Waals surface area contributed by atoms with E-state index in [2.05, 4.69) is 57.9 Å². The maximum Gasteiger partial charge on any atom is 0.184 e. The summed E-state index contributed by atoms with van der Waals surface area (Å²) in [7, 11) is 0. The van der Waals surface area contributed by atoms with Crippen LogP contribution in [-0.4, -0.2) is 14.5 Å². The molecule has 102 valence electrons. The highest BCUT2D eigenvalue weighted by molar-refractivity contribution is 9.10. The monoisotopic (exact) mass is 347 g/mol. The van der Waals surface area contributed by atoms with E-state index in [4.69, 9.17) is 12.2 Å². The molecule has 0 spiro atoms. The van der Waals surface area contributed by atoms with Gasteiger partial charge < -0.3 is 4.98 Å². The van der Waals surface area contributed by atoms with Crippen molar-refractivity contribution >= 4 is 39.3 Å². The molecule has 0 amide bonds. The van der Waals surface area contributed by atoms with Crippen LogP contribution in [0.3, 0.4) is 0 Å². The highest BCUT2D eigenvalue weighted by Crippen LogP contribution is 2.26. The van der Waals surface area contributed by atoms with Gasteiger partial charge in [0.05, 0.1) is 11.2 Å². The van der Waals surface area contributed by atoms with Crippen LogP contribution in [0.2, 0.25) is 0 Å². The molecule has 0 radical (unpaired) electrons. The molecule has 0 aliphatic heterocycles. The van der Waals surface area contributed by atoms with Gasteiger partial charge in [0.2, 0.25) is 0 Å². The number of fused-ring (bicyclic) bond motifs is 1. The number of benzene rings is 1. The van der Waals surface area contributed by atoms with Crippen molar-refractivity contribution in [2.75, 3.05) is 0 Å². The average Bonchev–Trinajstić information content (AvgIpc) is 2.73. The van der Waals surface area contributed by atoms with Crippen LogP contribution in [0.1, 0.15) is 25.3 Å². The second kappa shape index (κ2) is 5.14. The Morgan fingerprint density at radius 1 is 1.30 bits per heavy atom. The minimum atomic E-state index is 0.425. The van der Waals surface area contributed by atoms with E-state index in [1.54, 1.807) is 6.20 Å². The largest absolute Gasteiger partial charge is 0.329 e. The molecule has 0 bridgehead atoms. The van der Waals surface area contributed by atoms with Crippen LogP contribution in [-0.2, 0) is 0 Å². The molecule has 2 aromatic heterocycles. The predicted octanol–water partition coefficient (Wildman–Crippen LogP) is 4.97. The first kappa shape index (κ1) is 13.5. The molecular weight excluding hydrogens is 334 g/mol. The van der Waals surface area contributed by atoms with E-state index < -0.39 is 0 Å². The van der Waals surface area contributed by atoms with E-state index in [-0.39, 0.29) is 0 Å². The predicted molar refractivity (Wildman–Crippen MR) is 88.0 cm³/mol. The number of hydrogen-bond acceptors (Lipinski definition) is 2. The quantitative estimate of drug-likeness (QED) is 0.664. The van der Waals surface area contributed by atoms with Crippen LogP contribution in [0, 0.1) is 4.77 Å². The molecule has 3 aromatic rings. The summed E-state index contributed by atoms with van der Waals surface area (Å²) in [5, 5.41) is 0. The van der Waals surface area contributed by atoms with Gasteiger partial charge in [-0.2, -0.15) is 0 Å². The fourth-order valence-electron chi connectivity index (χ4n) is 2.37. The first-order valence-corrected chi connectivity index (χ1v) is 7.63. The number of halogens is 1. The van der Waals surface area contributed by atoms with E-state index in [0.29, 0.717) is 10.7 Å². The standard InChI is InChI=1S/C15H14BrN3S/c1-9(2)11-5-3-4-6-13(11)19-14-12(18-15(19)20)7-10(16)8-17-14/h3-9H,1-2H3,(H,18,20). The van der Waals surface area contributed by atoms with Crippen molar-refractivity contribution < 1.29 is 0 Å². The molecule has 5 heteroatoms. The van der Waals surface area contributed by atoms with Crippen molar-refractivity contribution in [1.82, 2.24) is 14.5 Å². The third kappa shape index (κ3) is 2.21. The lowest BCUT2D eigenvalue weighted by atomic mass is 10.0. The zero-order valence-electron chi connectivity index (χ0n) is 11.2. The molecule has 0 aliphatic carbocycles. The summed E-state index contributed by atoms with van der Waals surface area (Å²) in [5.41, 5.74) is 4.14. The van der Waals surface area contributed by atoms with E-state index in [1.165, 1.54) is 5.56 Å². The van der Waals surface area contributed by atoms with Gasteiger partial charge in [-0.25, -0.2) is 4.98 Å². The third-order valence-corrected chi connectivity index (χ3v) is 4.01. The SMILES string of the molecule is CC(C)c1ccccc1-n1c(=S)[nH]c2cc(Br)cnc21. The van der Waals surface area contributed by atoms with Gasteiger partial charge in [-0.05, 0) is 51.8 Å². The number of aromatic amines is 1. The number of pyridine rings is 1. The van der Waals surface area contributed by atoms with Gasteiger partial charge in [0, 0.05) is 10.7 Å². The smallest absolute Gasteiger partial charge is 0.184 e. The summed E-state index contributed by atoms with van der Waals surface area (Å²) in [6.45, 7) is 4.36. The zero-order chi connectivity index (χ0) is 14.3. The number of nitrogens with one attached hydrogen (secondary N) is 1. The van der Waals surface area contributed by atoms with Gasteiger partial charge in [0.1, 0.15) is 0 Å². The molecular formula is C15H14BrN3S. The normalized spacial score (nSPS) is 11.4. The average molecular weight is 348 g/mol. The van der Waals surface area contributed by atoms with Gasteiger partial charge >= 0.3 is 0 Å². The van der Waals surface area contributed by atoms with Gasteiger partial charge in [-0.15, -0.1) is 0 Å². The fourth-order valence-corrected chi connectivity index (χ4v) is 3.00. The molecule has 0 saturated heterocycles. The summed E-state index contributed by atoms with van der Waals surface area (Å²) in [6.07, 6.45) is 1.79. The summed E-state index contributed by atoms with van der Waals surface area (Å²) < 4.78 is 3.61. The van der Waals surface area contributed by atoms with Gasteiger partial charge in [0.15, 0.2) is 10.4 Å². The lowest BCUT2D eigenvalue weighted by Gasteiger charge is -2.13. The third-order valence-electron chi connectivity index (χ3n) is 3.29. The number of para-hydroxylation sites is 1. The number of nitrogens with zero attached hydrogens (tertiary/aromatic N) is 2. The Kier molecular flexibility index (Phi) is 3.48. The van der Waals surface area contributed by atoms with Crippen molar-refractivity contribution in [1.29, 1.82) is 0 Å². The maximum absolute atomic E-state index is 5.48. The maximum atomic E-state index is 5.48. The first-order chi connectivity index (χ1) is 9.58. The molecule has 3 nitrogen and oxygen atoms in total. The molecule has 0 saturated carbocycles. The second-order valence-electron chi connectivity index (χ2n) is 5.00. The number of H-pyrrole nitrogens is 1. The number of imidazole rings is 1. The van der Waals surface area contributed by atoms with Crippen LogP contribution in [0.5, 0.6) is 0 Å². The van der Waals surface area contributed by atoms with Crippen molar-refractivity contribution in [3.63, 3.8) is 0 Å². The summed E-state index contributed by atoms with van der Waals surface area (Å²) >= 11 is 8.91. The fraction of sp³-hybridized carbons (Fsp3) is 0.200. The van der Waals surface area contributed by atoms with Crippen molar-refractivity contribution in [2.24, 2.45) is 0 Å². The van der Waals surface area contributed by atoms with Crippen LogP contribution >= 0.6 is 28.1 Å². The summed E-state index contributed by atoms with van der Waals surface area (Å²) in [6, 6.07) is 10.3. The molecule has 0 fully saturated rings.